The molecule has 1 atom stereocenters. The number of nitrogens with zero attached hydrogens (tertiary/aromatic N) is 4. The average molecular weight is 456 g/mol. The molecule has 2 heterocycles. The van der Waals surface area contributed by atoms with Crippen LogP contribution in [0.15, 0.2) is 17.1 Å². The van der Waals surface area contributed by atoms with Gasteiger partial charge in [0.15, 0.2) is 0 Å². The van der Waals surface area contributed by atoms with E-state index in [1.54, 1.807) is 19.2 Å². The number of hydrogen-bond acceptors (Lipinski definition) is 7. The molecule has 1 unspecified atom stereocenters. The van der Waals surface area contributed by atoms with Crippen molar-refractivity contribution in [2.45, 2.75) is 44.8 Å². The van der Waals surface area contributed by atoms with E-state index in [0.29, 0.717) is 55.5 Å². The van der Waals surface area contributed by atoms with Gasteiger partial charge in [0.2, 0.25) is 0 Å². The number of carbonyl (C=O) groups is 1. The maximum atomic E-state index is 12.8. The fourth-order valence-electron chi connectivity index (χ4n) is 4.29. The molecular weight excluding hydrogens is 422 g/mol. The summed E-state index contributed by atoms with van der Waals surface area (Å²) >= 11 is 0. The maximum absolute atomic E-state index is 12.8. The summed E-state index contributed by atoms with van der Waals surface area (Å²) in [6.07, 6.45) is 3.76. The number of benzene rings is 1. The van der Waals surface area contributed by atoms with E-state index in [4.69, 9.17) is 19.2 Å². The monoisotopic (exact) mass is 455 g/mol. The van der Waals surface area contributed by atoms with Gasteiger partial charge in [-0.15, -0.1) is 0 Å². The number of methoxy groups -OCH3 is 1. The average Bonchev–Trinajstić information content (AvgIpc) is 3.07. The highest BCUT2D eigenvalue weighted by molar-refractivity contribution is 5.85. The van der Waals surface area contributed by atoms with Gasteiger partial charge in [0.1, 0.15) is 35.1 Å². The Balaban J connectivity index is 1.48. The van der Waals surface area contributed by atoms with Gasteiger partial charge in [-0.3, -0.25) is 4.79 Å². The van der Waals surface area contributed by atoms with Gasteiger partial charge in [-0.2, -0.15) is 5.26 Å². The quantitative estimate of drug-likeness (QED) is 0.536. The smallest absolute Gasteiger partial charge is 0.253 e. The molecule has 3 fully saturated rings. The molecule has 1 N–H and O–H groups in total. The van der Waals surface area contributed by atoms with E-state index in [0.717, 1.165) is 44.6 Å². The Morgan fingerprint density at radius 2 is 2.00 bits per heavy atom. The van der Waals surface area contributed by atoms with Crippen LogP contribution >= 0.6 is 0 Å². The molecule has 9 nitrogen and oxygen atoms in total. The van der Waals surface area contributed by atoms with Crippen molar-refractivity contribution in [1.29, 1.82) is 5.26 Å². The highest BCUT2D eigenvalue weighted by atomic mass is 16.5. The maximum Gasteiger partial charge on any atom is 0.253 e. The van der Waals surface area contributed by atoms with Crippen LogP contribution in [0, 0.1) is 11.3 Å². The number of nitriles is 1. The van der Waals surface area contributed by atoms with Crippen LogP contribution in [0.4, 0.5) is 5.69 Å². The number of morpholine rings is 1. The Labute approximate surface area is 195 Å². The second-order valence-corrected chi connectivity index (χ2v) is 8.69. The van der Waals surface area contributed by atoms with E-state index >= 15 is 0 Å². The zero-order chi connectivity index (χ0) is 23.2. The molecule has 1 amide bonds. The molecule has 0 spiro atoms. The first-order valence-electron chi connectivity index (χ1n) is 11.8. The Bertz CT molecular complexity index is 918. The van der Waals surface area contributed by atoms with E-state index in [1.807, 2.05) is 11.8 Å². The molecule has 0 aromatic heterocycles. The molecule has 2 saturated heterocycles. The minimum Gasteiger partial charge on any atom is -0.497 e. The summed E-state index contributed by atoms with van der Waals surface area (Å²) in [6.45, 7) is 6.65. The number of hydrogen-bond donors (Lipinski definition) is 1. The van der Waals surface area contributed by atoms with E-state index in [2.05, 4.69) is 16.3 Å². The van der Waals surface area contributed by atoms with E-state index in [9.17, 15) is 10.1 Å². The Hall–Kier alpha value is -2.83. The lowest BCUT2D eigenvalue weighted by molar-refractivity contribution is -0.145. The molecule has 1 aromatic rings. The predicted octanol–water partition coefficient (Wildman–Crippen LogP) is 2.07. The van der Waals surface area contributed by atoms with Crippen molar-refractivity contribution in [1.82, 2.24) is 15.1 Å². The van der Waals surface area contributed by atoms with E-state index in [1.165, 1.54) is 0 Å². The summed E-state index contributed by atoms with van der Waals surface area (Å²) in [5.74, 6) is 2.00. The fraction of sp³-hybridized carbons (Fsp3) is 0.625. The Kier molecular flexibility index (Phi) is 7.68. The summed E-state index contributed by atoms with van der Waals surface area (Å²) in [4.78, 5) is 21.7. The van der Waals surface area contributed by atoms with Gasteiger partial charge in [0, 0.05) is 51.4 Å². The number of nitrogens with one attached hydrogen (secondary N) is 1. The lowest BCUT2D eigenvalue weighted by Crippen LogP contribution is -2.50. The van der Waals surface area contributed by atoms with Crippen LogP contribution in [0.3, 0.4) is 0 Å². The molecule has 4 rings (SSSR count). The van der Waals surface area contributed by atoms with Gasteiger partial charge >= 0.3 is 0 Å². The Morgan fingerprint density at radius 3 is 2.67 bits per heavy atom. The third-order valence-electron chi connectivity index (χ3n) is 6.50. The van der Waals surface area contributed by atoms with Crippen molar-refractivity contribution in [3.05, 3.63) is 17.7 Å². The van der Waals surface area contributed by atoms with Gasteiger partial charge in [-0.1, -0.05) is 0 Å². The van der Waals surface area contributed by atoms with Crippen molar-refractivity contribution in [3.8, 4) is 17.6 Å². The van der Waals surface area contributed by atoms with Gasteiger partial charge in [0.05, 0.1) is 25.5 Å². The van der Waals surface area contributed by atoms with Crippen LogP contribution in [0.25, 0.3) is 0 Å². The van der Waals surface area contributed by atoms with E-state index in [-0.39, 0.29) is 12.0 Å². The number of carbonyl (C=O) groups excluding carboxylic acids is 1. The van der Waals surface area contributed by atoms with Gasteiger partial charge in [-0.25, -0.2) is 4.99 Å². The van der Waals surface area contributed by atoms with Crippen LogP contribution in [0.1, 0.15) is 38.2 Å². The van der Waals surface area contributed by atoms with E-state index < -0.39 is 6.10 Å². The van der Waals surface area contributed by atoms with Crippen molar-refractivity contribution in [2.75, 3.05) is 53.0 Å². The van der Waals surface area contributed by atoms with Crippen LogP contribution in [-0.2, 0) is 9.53 Å². The van der Waals surface area contributed by atoms with Crippen LogP contribution in [0.2, 0.25) is 0 Å². The summed E-state index contributed by atoms with van der Waals surface area (Å²) in [7, 11) is 1.60. The highest BCUT2D eigenvalue weighted by Gasteiger charge is 2.28. The first kappa shape index (κ1) is 23.3. The van der Waals surface area contributed by atoms with Crippen molar-refractivity contribution >= 4 is 17.4 Å². The molecule has 33 heavy (non-hydrogen) atoms. The number of aliphatic imine (C=N–C) groups is 1. The molecule has 0 radical (unpaired) electrons. The third kappa shape index (κ3) is 5.57. The number of rotatable bonds is 5. The highest BCUT2D eigenvalue weighted by Crippen LogP contribution is 2.36. The zero-order valence-corrected chi connectivity index (χ0v) is 19.5. The third-order valence-corrected chi connectivity index (χ3v) is 6.50. The number of ether oxygens (including phenoxy) is 3. The number of amidine groups is 1. The molecule has 178 valence electrons. The van der Waals surface area contributed by atoms with Crippen LogP contribution < -0.4 is 14.8 Å². The fourth-order valence-corrected chi connectivity index (χ4v) is 4.29. The van der Waals surface area contributed by atoms with Gasteiger partial charge in [0.25, 0.3) is 5.91 Å². The molecule has 1 saturated carbocycles. The second kappa shape index (κ2) is 10.9. The number of amides is 1. The minimum absolute atomic E-state index is 0.0518. The molecule has 2 aliphatic heterocycles. The van der Waals surface area contributed by atoms with Gasteiger partial charge in [-0.05, 0) is 32.6 Å². The van der Waals surface area contributed by atoms with Crippen LogP contribution in [-0.4, -0.2) is 86.7 Å². The summed E-state index contributed by atoms with van der Waals surface area (Å²) in [5, 5.41) is 13.1. The van der Waals surface area contributed by atoms with Crippen molar-refractivity contribution < 1.29 is 19.0 Å². The molecular formula is C24H33N5O4. The summed E-state index contributed by atoms with van der Waals surface area (Å²) < 4.78 is 17.1. The predicted molar refractivity (Wildman–Crippen MR) is 124 cm³/mol. The SMILES string of the molecule is COc1cc(N=C(C)N2CCCN(C(=O)C3CNCCO3)CC2)c(C#N)c(OC2CCC2)c1. The lowest BCUT2D eigenvalue weighted by atomic mass is 9.96. The minimum atomic E-state index is -0.399. The molecule has 1 aliphatic carbocycles. The van der Waals surface area contributed by atoms with Crippen LogP contribution in [0.5, 0.6) is 11.5 Å². The largest absolute Gasteiger partial charge is 0.497 e. The first-order valence-corrected chi connectivity index (χ1v) is 11.8. The summed E-state index contributed by atoms with van der Waals surface area (Å²) in [6, 6.07) is 5.81. The zero-order valence-electron chi connectivity index (χ0n) is 19.5. The second-order valence-electron chi connectivity index (χ2n) is 8.69. The summed E-state index contributed by atoms with van der Waals surface area (Å²) in [5.41, 5.74) is 0.971. The normalized spacial score (nSPS) is 22.2. The standard InChI is InChI=1S/C24H33N5O4/c1-17(28-8-4-9-29(11-10-28)24(30)23-16-26-7-12-32-23)27-21-13-19(31-2)14-22(20(21)15-25)33-18-5-3-6-18/h13-14,18,23,26H,3-12,16H2,1-2H3. The molecule has 9 heteroatoms. The van der Waals surface area contributed by atoms with Gasteiger partial charge < -0.3 is 29.3 Å². The molecule has 3 aliphatic rings. The van der Waals surface area contributed by atoms with Crippen molar-refractivity contribution in [2.24, 2.45) is 4.99 Å². The topological polar surface area (TPSA) is 99.4 Å². The lowest BCUT2D eigenvalue weighted by Gasteiger charge is -2.29. The van der Waals surface area contributed by atoms with Crippen molar-refractivity contribution in [3.63, 3.8) is 0 Å². The Morgan fingerprint density at radius 1 is 1.21 bits per heavy atom. The molecule has 0 bridgehead atoms. The first-order chi connectivity index (χ1) is 16.1. The molecule has 1 aromatic carbocycles.